The predicted octanol–water partition coefficient (Wildman–Crippen LogP) is 3.53. The zero-order chi connectivity index (χ0) is 15.1. The fraction of sp³-hybridized carbons (Fsp3) is 0.389. The summed E-state index contributed by atoms with van der Waals surface area (Å²) in [4.78, 5) is 6.48. The first kappa shape index (κ1) is 15.5. The highest BCUT2D eigenvalue weighted by Gasteiger charge is 2.08. The van der Waals surface area contributed by atoms with E-state index in [9.17, 15) is 0 Å². The van der Waals surface area contributed by atoms with Gasteiger partial charge in [0.2, 0.25) is 0 Å². The van der Waals surface area contributed by atoms with Gasteiger partial charge in [-0.15, -0.1) is 0 Å². The number of nitrogens with one attached hydrogen (secondary N) is 1. The maximum Gasteiger partial charge on any atom is 0.0441 e. The van der Waals surface area contributed by atoms with E-state index in [2.05, 4.69) is 60.4 Å². The van der Waals surface area contributed by atoms with E-state index in [0.717, 1.165) is 26.1 Å². The van der Waals surface area contributed by atoms with Crippen LogP contribution in [0.4, 0.5) is 5.69 Å². The number of aromatic nitrogens is 1. The maximum absolute atomic E-state index is 4.19. The van der Waals surface area contributed by atoms with Crippen molar-refractivity contribution in [2.75, 3.05) is 18.5 Å². The van der Waals surface area contributed by atoms with Gasteiger partial charge >= 0.3 is 0 Å². The Kier molecular flexibility index (Phi) is 5.76. The number of aryl methyl sites for hydroxylation is 1. The van der Waals surface area contributed by atoms with E-state index >= 15 is 0 Å². The highest BCUT2D eigenvalue weighted by Crippen LogP contribution is 2.22. The van der Waals surface area contributed by atoms with Crippen molar-refractivity contribution in [1.82, 2.24) is 10.3 Å². The van der Waals surface area contributed by atoms with Gasteiger partial charge in [-0.25, -0.2) is 0 Å². The predicted molar refractivity (Wildman–Crippen MR) is 89.5 cm³/mol. The minimum atomic E-state index is 0.873. The summed E-state index contributed by atoms with van der Waals surface area (Å²) < 4.78 is 0. The molecular formula is C18H25N3. The molecule has 1 aromatic carbocycles. The van der Waals surface area contributed by atoms with E-state index in [0.29, 0.717) is 0 Å². The van der Waals surface area contributed by atoms with E-state index in [-0.39, 0.29) is 0 Å². The highest BCUT2D eigenvalue weighted by atomic mass is 15.1. The maximum atomic E-state index is 4.19. The summed E-state index contributed by atoms with van der Waals surface area (Å²) in [5.74, 6) is 0. The number of nitrogens with zero attached hydrogens (tertiary/aromatic N) is 2. The van der Waals surface area contributed by atoms with Crippen LogP contribution in [0.3, 0.4) is 0 Å². The summed E-state index contributed by atoms with van der Waals surface area (Å²) in [5, 5.41) is 3.50. The molecule has 0 radical (unpaired) electrons. The van der Waals surface area contributed by atoms with Gasteiger partial charge in [0.15, 0.2) is 0 Å². The van der Waals surface area contributed by atoms with Gasteiger partial charge in [0.05, 0.1) is 0 Å². The zero-order valence-corrected chi connectivity index (χ0v) is 13.3. The molecule has 2 rings (SSSR count). The molecular weight excluding hydrogens is 258 g/mol. The SMILES string of the molecule is CCCNCc1cc(C)ccc1N(C)Cc1cccnc1. The summed E-state index contributed by atoms with van der Waals surface area (Å²) in [6.07, 6.45) is 4.90. The molecule has 0 unspecified atom stereocenters. The molecule has 0 spiro atoms. The van der Waals surface area contributed by atoms with Crippen molar-refractivity contribution in [3.63, 3.8) is 0 Å². The molecule has 0 aliphatic rings. The largest absolute Gasteiger partial charge is 0.370 e. The lowest BCUT2D eigenvalue weighted by Crippen LogP contribution is -2.21. The Bertz CT molecular complexity index is 552. The van der Waals surface area contributed by atoms with Gasteiger partial charge in [-0.3, -0.25) is 4.98 Å². The first-order valence-corrected chi connectivity index (χ1v) is 7.61. The third-order valence-corrected chi connectivity index (χ3v) is 3.53. The molecule has 21 heavy (non-hydrogen) atoms. The summed E-state index contributed by atoms with van der Waals surface area (Å²) >= 11 is 0. The fourth-order valence-corrected chi connectivity index (χ4v) is 2.48. The second-order valence-electron chi connectivity index (χ2n) is 5.53. The molecule has 0 bridgehead atoms. The summed E-state index contributed by atoms with van der Waals surface area (Å²) in [5.41, 5.74) is 5.18. The molecule has 1 N–H and O–H groups in total. The van der Waals surface area contributed by atoms with E-state index in [1.165, 1.54) is 22.4 Å². The molecule has 0 saturated carbocycles. The molecule has 1 heterocycles. The minimum Gasteiger partial charge on any atom is -0.370 e. The molecule has 112 valence electrons. The average molecular weight is 283 g/mol. The minimum absolute atomic E-state index is 0.873. The molecule has 2 aromatic rings. The second kappa shape index (κ2) is 7.79. The number of hydrogen-bond acceptors (Lipinski definition) is 3. The molecule has 0 amide bonds. The van der Waals surface area contributed by atoms with Crippen molar-refractivity contribution in [3.05, 3.63) is 59.4 Å². The molecule has 0 fully saturated rings. The quantitative estimate of drug-likeness (QED) is 0.788. The smallest absolute Gasteiger partial charge is 0.0441 e. The van der Waals surface area contributed by atoms with E-state index in [1.54, 1.807) is 0 Å². The second-order valence-corrected chi connectivity index (χ2v) is 5.53. The molecule has 3 nitrogen and oxygen atoms in total. The lowest BCUT2D eigenvalue weighted by molar-refractivity contribution is 0.673. The standard InChI is InChI=1S/C18H25N3/c1-4-9-19-13-17-11-15(2)7-8-18(17)21(3)14-16-6-5-10-20-12-16/h5-8,10-12,19H,4,9,13-14H2,1-3H3. The number of benzene rings is 1. The van der Waals surface area contributed by atoms with E-state index < -0.39 is 0 Å². The Morgan fingerprint density at radius 2 is 2.10 bits per heavy atom. The van der Waals surface area contributed by atoms with E-state index in [4.69, 9.17) is 0 Å². The van der Waals surface area contributed by atoms with Crippen LogP contribution in [0.5, 0.6) is 0 Å². The highest BCUT2D eigenvalue weighted by molar-refractivity contribution is 5.54. The Morgan fingerprint density at radius 1 is 1.24 bits per heavy atom. The van der Waals surface area contributed by atoms with Crippen LogP contribution in [0.1, 0.15) is 30.0 Å². The lowest BCUT2D eigenvalue weighted by atomic mass is 10.1. The van der Waals surface area contributed by atoms with Crippen LogP contribution in [0.2, 0.25) is 0 Å². The lowest BCUT2D eigenvalue weighted by Gasteiger charge is -2.23. The van der Waals surface area contributed by atoms with Crippen molar-refractivity contribution in [2.45, 2.75) is 33.4 Å². The number of hydrogen-bond donors (Lipinski definition) is 1. The Morgan fingerprint density at radius 3 is 2.81 bits per heavy atom. The molecule has 0 aliphatic heterocycles. The van der Waals surface area contributed by atoms with Crippen LogP contribution >= 0.6 is 0 Å². The fourth-order valence-electron chi connectivity index (χ4n) is 2.48. The van der Waals surface area contributed by atoms with Crippen molar-refractivity contribution >= 4 is 5.69 Å². The average Bonchev–Trinajstić information content (AvgIpc) is 2.48. The van der Waals surface area contributed by atoms with Crippen LogP contribution in [0.25, 0.3) is 0 Å². The first-order chi connectivity index (χ1) is 10.2. The van der Waals surface area contributed by atoms with Crippen LogP contribution in [-0.2, 0) is 13.1 Å². The van der Waals surface area contributed by atoms with Crippen LogP contribution in [0, 0.1) is 6.92 Å². The molecule has 0 aliphatic carbocycles. The van der Waals surface area contributed by atoms with Gasteiger partial charge in [-0.1, -0.05) is 30.7 Å². The summed E-state index contributed by atoms with van der Waals surface area (Å²) in [6, 6.07) is 10.8. The molecule has 0 saturated heterocycles. The Labute approximate surface area is 128 Å². The van der Waals surface area contributed by atoms with Gasteiger partial charge in [0, 0.05) is 38.2 Å². The van der Waals surface area contributed by atoms with Gasteiger partial charge in [0.1, 0.15) is 0 Å². The third kappa shape index (κ3) is 4.57. The van der Waals surface area contributed by atoms with E-state index in [1.807, 2.05) is 18.5 Å². The summed E-state index contributed by atoms with van der Waals surface area (Å²) in [6.45, 7) is 7.19. The van der Waals surface area contributed by atoms with Crippen molar-refractivity contribution in [2.24, 2.45) is 0 Å². The first-order valence-electron chi connectivity index (χ1n) is 7.61. The zero-order valence-electron chi connectivity index (χ0n) is 13.3. The molecule has 1 aromatic heterocycles. The van der Waals surface area contributed by atoms with Crippen LogP contribution < -0.4 is 10.2 Å². The Balaban J connectivity index is 2.13. The van der Waals surface area contributed by atoms with Gasteiger partial charge in [-0.2, -0.15) is 0 Å². The normalized spacial score (nSPS) is 10.6. The van der Waals surface area contributed by atoms with Crippen LogP contribution in [-0.4, -0.2) is 18.6 Å². The monoisotopic (exact) mass is 283 g/mol. The molecule has 0 atom stereocenters. The van der Waals surface area contributed by atoms with Crippen LogP contribution in [0.15, 0.2) is 42.7 Å². The van der Waals surface area contributed by atoms with Crippen molar-refractivity contribution in [3.8, 4) is 0 Å². The van der Waals surface area contributed by atoms with Gasteiger partial charge in [-0.05, 0) is 43.1 Å². The Hall–Kier alpha value is -1.87. The summed E-state index contributed by atoms with van der Waals surface area (Å²) in [7, 11) is 2.14. The number of pyridine rings is 1. The number of anilines is 1. The van der Waals surface area contributed by atoms with Gasteiger partial charge in [0.25, 0.3) is 0 Å². The third-order valence-electron chi connectivity index (χ3n) is 3.53. The topological polar surface area (TPSA) is 28.2 Å². The van der Waals surface area contributed by atoms with Crippen molar-refractivity contribution < 1.29 is 0 Å². The van der Waals surface area contributed by atoms with Gasteiger partial charge < -0.3 is 10.2 Å². The molecule has 3 heteroatoms. The number of rotatable bonds is 7. The van der Waals surface area contributed by atoms with Crippen molar-refractivity contribution in [1.29, 1.82) is 0 Å².